The van der Waals surface area contributed by atoms with Crippen molar-refractivity contribution in [3.63, 3.8) is 0 Å². The first-order chi connectivity index (χ1) is 49.9. The second-order valence-corrected chi connectivity index (χ2v) is 30.0. The first-order valence-electron chi connectivity index (χ1n) is 41.2. The van der Waals surface area contributed by atoms with Crippen LogP contribution in [0.4, 0.5) is 0 Å². The number of aliphatic hydroxyl groups excluding tert-OH is 11. The summed E-state index contributed by atoms with van der Waals surface area (Å²) in [6.07, 6.45) is 36.5. The van der Waals surface area contributed by atoms with Crippen molar-refractivity contribution in [1.29, 1.82) is 0 Å². The van der Waals surface area contributed by atoms with E-state index in [1.165, 1.54) is 238 Å². The molecule has 23 nitrogen and oxygen atoms in total. The number of unbranched alkanes of at least 4 members (excludes halogenated alkanes) is 43. The molecule has 3 fully saturated rings. The van der Waals surface area contributed by atoms with Gasteiger partial charge in [0.15, 0.2) is 12.6 Å². The predicted octanol–water partition coefficient (Wildman–Crippen LogP) is 11.1. The van der Waals surface area contributed by atoms with Crippen LogP contribution in [-0.2, 0) is 42.8 Å². The minimum absolute atomic E-state index is 0.203. The summed E-state index contributed by atoms with van der Waals surface area (Å²) >= 11 is 0. The van der Waals surface area contributed by atoms with Gasteiger partial charge in [-0.3, -0.25) is 9.59 Å². The van der Waals surface area contributed by atoms with Crippen LogP contribution in [0, 0.1) is 0 Å². The number of carboxylic acid groups (broad SMARTS) is 1. The Bertz CT molecular complexity index is 2150. The molecule has 23 heteroatoms. The smallest absolute Gasteiger partial charge is 0.364 e. The molecule has 604 valence electrons. The maximum atomic E-state index is 13.5. The molecule has 0 spiro atoms. The summed E-state index contributed by atoms with van der Waals surface area (Å²) in [6.45, 7) is 2.19. The summed E-state index contributed by atoms with van der Waals surface area (Å²) in [7, 11) is 0. The number of ether oxygens (including phenoxy) is 6. The lowest BCUT2D eigenvalue weighted by Crippen LogP contribution is -2.70. The van der Waals surface area contributed by atoms with Crippen LogP contribution in [0.5, 0.6) is 0 Å². The summed E-state index contributed by atoms with van der Waals surface area (Å²) in [5.74, 6) is -6.14. The first kappa shape index (κ1) is 94.4. The van der Waals surface area contributed by atoms with Gasteiger partial charge in [-0.15, -0.1) is 0 Å². The zero-order chi connectivity index (χ0) is 75.3. The predicted molar refractivity (Wildman–Crippen MR) is 398 cm³/mol. The molecule has 0 aromatic heterocycles. The van der Waals surface area contributed by atoms with Crippen LogP contribution in [0.25, 0.3) is 0 Å². The highest BCUT2D eigenvalue weighted by molar-refractivity contribution is 5.77. The molecule has 0 aliphatic carbocycles. The fourth-order valence-electron chi connectivity index (χ4n) is 14.4. The monoisotopic (exact) mass is 1470 g/mol. The Hall–Kier alpha value is -2.79. The van der Waals surface area contributed by atoms with Gasteiger partial charge in [-0.1, -0.05) is 289 Å². The number of aliphatic hydroxyl groups is 11. The molecule has 2 amide bonds. The Balaban J connectivity index is 1.49. The van der Waals surface area contributed by atoms with E-state index in [9.17, 15) is 75.7 Å². The standard InChI is InChI=1S/C80H148N2O21/c1-4-6-8-10-12-14-16-18-20-22-24-25-26-27-28-29-30-31-32-33-34-36-38-40-42-44-46-48-50-52-54-67(90)82-61(62(87)53-51-49-47-45-43-41-39-37-35-23-21-19-17-15-13-11-9-7-5-2)59-98-77-72(94)71(93)74(66(58-85)100-77)101-78-73(95)76(70(92)65(57-84)99-78)103-80(79(96)97)55-63(88)68(81-60(3)86)75(102-80)69(91)64(89)56-83/h27-28,51,53,61-66,68-78,83-85,87-89,91-95H,4-26,29-50,52,54-59H2,1-3H3,(H,81,86)(H,82,90)(H,96,97)/b28-27-,53-51+. The number of amides is 2. The second kappa shape index (κ2) is 59.1. The van der Waals surface area contributed by atoms with Crippen molar-refractivity contribution in [2.24, 2.45) is 0 Å². The van der Waals surface area contributed by atoms with Crippen molar-refractivity contribution < 1.29 is 104 Å². The van der Waals surface area contributed by atoms with Crippen LogP contribution in [0.15, 0.2) is 24.3 Å². The molecule has 3 rings (SSSR count). The lowest BCUT2D eigenvalue weighted by atomic mass is 9.88. The zero-order valence-electron chi connectivity index (χ0n) is 63.9. The number of carbonyl (C=O) groups excluding carboxylic acids is 2. The summed E-state index contributed by atoms with van der Waals surface area (Å²) in [4.78, 5) is 38.7. The molecule has 0 aromatic carbocycles. The summed E-state index contributed by atoms with van der Waals surface area (Å²) < 4.78 is 34.9. The van der Waals surface area contributed by atoms with Gasteiger partial charge in [0.05, 0.1) is 50.7 Å². The van der Waals surface area contributed by atoms with E-state index in [0.29, 0.717) is 12.8 Å². The molecule has 0 saturated carbocycles. The molecule has 0 aromatic rings. The third-order valence-electron chi connectivity index (χ3n) is 20.9. The van der Waals surface area contributed by atoms with Crippen molar-refractivity contribution in [2.45, 2.75) is 439 Å². The van der Waals surface area contributed by atoms with Gasteiger partial charge in [0.2, 0.25) is 11.8 Å². The van der Waals surface area contributed by atoms with E-state index >= 15 is 0 Å². The maximum Gasteiger partial charge on any atom is 0.364 e. The molecule has 3 aliphatic heterocycles. The van der Waals surface area contributed by atoms with E-state index in [0.717, 1.165) is 51.9 Å². The van der Waals surface area contributed by atoms with E-state index in [1.807, 2.05) is 6.08 Å². The maximum absolute atomic E-state index is 13.5. The van der Waals surface area contributed by atoms with Gasteiger partial charge in [-0.25, -0.2) is 4.79 Å². The van der Waals surface area contributed by atoms with E-state index in [2.05, 4.69) is 36.6 Å². The highest BCUT2D eigenvalue weighted by atomic mass is 16.8. The molecule has 103 heavy (non-hydrogen) atoms. The molecule has 3 saturated heterocycles. The summed E-state index contributed by atoms with van der Waals surface area (Å²) in [6, 6.07) is -2.62. The fraction of sp³-hybridized carbons (Fsp3) is 0.912. The minimum atomic E-state index is -3.08. The van der Waals surface area contributed by atoms with Crippen molar-refractivity contribution in [2.75, 3.05) is 26.4 Å². The van der Waals surface area contributed by atoms with Gasteiger partial charge in [0.25, 0.3) is 5.79 Å². The number of nitrogens with one attached hydrogen (secondary N) is 2. The largest absolute Gasteiger partial charge is 0.477 e. The number of rotatable bonds is 65. The first-order valence-corrected chi connectivity index (χ1v) is 41.2. The average molecular weight is 1470 g/mol. The minimum Gasteiger partial charge on any atom is -0.477 e. The lowest BCUT2D eigenvalue weighted by Gasteiger charge is -2.50. The Morgan fingerprint density at radius 1 is 0.505 bits per heavy atom. The molecule has 0 radical (unpaired) electrons. The molecule has 3 aliphatic rings. The fourth-order valence-corrected chi connectivity index (χ4v) is 14.4. The van der Waals surface area contributed by atoms with Crippen molar-refractivity contribution >= 4 is 17.8 Å². The molecule has 3 heterocycles. The van der Waals surface area contributed by atoms with Crippen LogP contribution < -0.4 is 10.6 Å². The molecule has 14 N–H and O–H groups in total. The second-order valence-electron chi connectivity index (χ2n) is 30.0. The third-order valence-corrected chi connectivity index (χ3v) is 20.9. The SMILES string of the molecule is CCCCCCCCCCCCCC/C=C\CCCCCCCCCCCCCCCCC(=O)NC(COC1OC(CO)C(OC2OC(CO)C(O)C(OC3(C(=O)O)CC(O)C(NC(C)=O)C(C(O)C(O)CO)O3)C2O)C(O)C1O)C(O)/C=C/CCCCCCCCCCCCCCCCCCC. The van der Waals surface area contributed by atoms with Gasteiger partial charge in [-0.05, 0) is 44.9 Å². The van der Waals surface area contributed by atoms with E-state index in [1.54, 1.807) is 6.08 Å². The van der Waals surface area contributed by atoms with E-state index < -0.39 is 155 Å². The van der Waals surface area contributed by atoms with Gasteiger partial charge in [0.1, 0.15) is 67.1 Å². The average Bonchev–Trinajstić information content (AvgIpc) is 0.754. The molecular formula is C80H148N2O21. The Morgan fingerprint density at radius 3 is 1.32 bits per heavy atom. The van der Waals surface area contributed by atoms with E-state index in [-0.39, 0.29) is 12.3 Å². The Labute approximate surface area is 619 Å². The summed E-state index contributed by atoms with van der Waals surface area (Å²) in [5.41, 5.74) is 0. The van der Waals surface area contributed by atoms with E-state index in [4.69, 9.17) is 28.4 Å². The zero-order valence-corrected chi connectivity index (χ0v) is 63.9. The van der Waals surface area contributed by atoms with Crippen molar-refractivity contribution in [3.05, 3.63) is 24.3 Å². The van der Waals surface area contributed by atoms with Gasteiger partial charge >= 0.3 is 5.97 Å². The number of carboxylic acids is 1. The quantitative estimate of drug-likeness (QED) is 0.0199. The van der Waals surface area contributed by atoms with Gasteiger partial charge < -0.3 is 100 Å². The highest BCUT2D eigenvalue weighted by Crippen LogP contribution is 2.39. The topological polar surface area (TPSA) is 373 Å². The number of allylic oxidation sites excluding steroid dienone is 3. The van der Waals surface area contributed by atoms with Crippen molar-refractivity contribution in [1.82, 2.24) is 10.6 Å². The lowest BCUT2D eigenvalue weighted by molar-refractivity contribution is -0.386. The molecular weight excluding hydrogens is 1320 g/mol. The van der Waals surface area contributed by atoms with Crippen LogP contribution >= 0.6 is 0 Å². The number of hydrogen-bond acceptors (Lipinski definition) is 20. The summed E-state index contributed by atoms with van der Waals surface area (Å²) in [5, 5.41) is 136. The van der Waals surface area contributed by atoms with Gasteiger partial charge in [0, 0.05) is 19.8 Å². The molecule has 0 bridgehead atoms. The van der Waals surface area contributed by atoms with Crippen molar-refractivity contribution in [3.8, 4) is 0 Å². The van der Waals surface area contributed by atoms with Crippen LogP contribution in [0.2, 0.25) is 0 Å². The van der Waals surface area contributed by atoms with Crippen LogP contribution in [0.3, 0.4) is 0 Å². The highest BCUT2D eigenvalue weighted by Gasteiger charge is 2.60. The normalized spacial score (nSPS) is 26.6. The number of hydrogen-bond donors (Lipinski definition) is 14. The number of carbonyl (C=O) groups is 3. The van der Waals surface area contributed by atoms with Crippen LogP contribution in [0.1, 0.15) is 329 Å². The van der Waals surface area contributed by atoms with Crippen LogP contribution in [-0.4, -0.2) is 215 Å². The molecule has 18 atom stereocenters. The van der Waals surface area contributed by atoms with Gasteiger partial charge in [-0.2, -0.15) is 0 Å². The Kier molecular flexibility index (Phi) is 54.2. The Morgan fingerprint density at radius 2 is 0.913 bits per heavy atom. The number of aliphatic carboxylic acids is 1. The third kappa shape index (κ3) is 39.4. The molecule has 18 unspecified atom stereocenters.